The maximum Gasteiger partial charge on any atom is 0.232 e. The fourth-order valence-corrected chi connectivity index (χ4v) is 5.51. The summed E-state index contributed by atoms with van der Waals surface area (Å²) in [6, 6.07) is 10.3. The number of hydrogen-bond donors (Lipinski definition) is 0. The first-order chi connectivity index (χ1) is 15.6. The fraction of sp³-hybridized carbons (Fsp3) is 0.538. The molecular formula is C26H32N4O2. The minimum Gasteiger partial charge on any atom is -0.342 e. The van der Waals surface area contributed by atoms with Crippen LogP contribution >= 0.6 is 0 Å². The summed E-state index contributed by atoms with van der Waals surface area (Å²) in [5.41, 5.74) is 3.08. The van der Waals surface area contributed by atoms with Crippen molar-refractivity contribution in [3.8, 4) is 0 Å². The molecule has 1 saturated heterocycles. The molecular weight excluding hydrogens is 400 g/mol. The number of fused-ring (bicyclic) bond motifs is 1. The third kappa shape index (κ3) is 4.15. The molecule has 3 aliphatic rings. The minimum atomic E-state index is 0.104. The number of piperidine rings is 1. The van der Waals surface area contributed by atoms with Crippen LogP contribution in [-0.4, -0.2) is 46.3 Å². The summed E-state index contributed by atoms with van der Waals surface area (Å²) in [6.07, 6.45) is 7.58. The second-order valence-electron chi connectivity index (χ2n) is 9.53. The Hall–Kier alpha value is -2.76. The van der Waals surface area contributed by atoms with Gasteiger partial charge in [-0.15, -0.1) is 0 Å². The summed E-state index contributed by atoms with van der Waals surface area (Å²) < 4.78 is 0. The smallest absolute Gasteiger partial charge is 0.232 e. The van der Waals surface area contributed by atoms with Crippen LogP contribution in [0.15, 0.2) is 30.3 Å². The molecule has 0 radical (unpaired) electrons. The molecule has 32 heavy (non-hydrogen) atoms. The van der Waals surface area contributed by atoms with Crippen molar-refractivity contribution in [1.29, 1.82) is 0 Å². The Morgan fingerprint density at radius 1 is 1.06 bits per heavy atom. The van der Waals surface area contributed by atoms with Crippen LogP contribution in [0.25, 0.3) is 0 Å². The Balaban J connectivity index is 1.34. The van der Waals surface area contributed by atoms with Crippen molar-refractivity contribution >= 4 is 17.6 Å². The van der Waals surface area contributed by atoms with Crippen LogP contribution in [0.3, 0.4) is 0 Å². The van der Waals surface area contributed by atoms with E-state index in [-0.39, 0.29) is 17.7 Å². The van der Waals surface area contributed by atoms with E-state index in [0.717, 1.165) is 61.5 Å². The fourth-order valence-electron chi connectivity index (χ4n) is 5.51. The van der Waals surface area contributed by atoms with Gasteiger partial charge in [-0.3, -0.25) is 14.5 Å². The molecule has 0 spiro atoms. The average Bonchev–Trinajstić information content (AvgIpc) is 3.46. The number of benzene rings is 1. The van der Waals surface area contributed by atoms with Gasteiger partial charge >= 0.3 is 0 Å². The highest BCUT2D eigenvalue weighted by atomic mass is 16.2. The van der Waals surface area contributed by atoms with Gasteiger partial charge in [0.15, 0.2) is 0 Å². The maximum atomic E-state index is 13.0. The Morgan fingerprint density at radius 3 is 2.62 bits per heavy atom. The molecule has 3 heterocycles. The Bertz CT molecular complexity index is 1000. The lowest BCUT2D eigenvalue weighted by Gasteiger charge is -2.34. The zero-order valence-electron chi connectivity index (χ0n) is 18.9. The number of anilines is 1. The molecule has 1 aromatic carbocycles. The standard InChI is InChI=1S/C26H32N4O2/c1-18-22-16-23(31)30(15-13-19-8-3-2-4-9-19)25(22)28-24(27-18)21-12-7-14-29(17-21)26(32)20-10-5-6-11-20/h2-4,8-9,20-21H,5-7,10-17H2,1H3/t21-/m0/s1. The van der Waals surface area contributed by atoms with Gasteiger partial charge in [-0.05, 0) is 44.6 Å². The van der Waals surface area contributed by atoms with Crippen LogP contribution in [-0.2, 0) is 22.4 Å². The molecule has 1 atom stereocenters. The van der Waals surface area contributed by atoms with Crippen LogP contribution in [0.5, 0.6) is 0 Å². The molecule has 5 rings (SSSR count). The zero-order valence-corrected chi connectivity index (χ0v) is 18.9. The van der Waals surface area contributed by atoms with Gasteiger partial charge in [-0.25, -0.2) is 9.97 Å². The number of amides is 2. The molecule has 1 aromatic heterocycles. The van der Waals surface area contributed by atoms with Gasteiger partial charge in [-0.1, -0.05) is 43.2 Å². The molecule has 2 amide bonds. The highest BCUT2D eigenvalue weighted by Crippen LogP contribution is 2.34. The third-order valence-corrected chi connectivity index (χ3v) is 7.36. The van der Waals surface area contributed by atoms with Gasteiger partial charge < -0.3 is 4.90 Å². The van der Waals surface area contributed by atoms with E-state index in [1.165, 1.54) is 18.4 Å². The largest absolute Gasteiger partial charge is 0.342 e. The van der Waals surface area contributed by atoms with Crippen LogP contribution < -0.4 is 4.90 Å². The van der Waals surface area contributed by atoms with E-state index in [2.05, 4.69) is 12.1 Å². The summed E-state index contributed by atoms with van der Waals surface area (Å²) in [5.74, 6) is 2.36. The number of carbonyl (C=O) groups is 2. The number of carbonyl (C=O) groups excluding carboxylic acids is 2. The van der Waals surface area contributed by atoms with Gasteiger partial charge in [0, 0.05) is 42.7 Å². The predicted molar refractivity (Wildman–Crippen MR) is 123 cm³/mol. The van der Waals surface area contributed by atoms with Crippen LogP contribution in [0.2, 0.25) is 0 Å². The van der Waals surface area contributed by atoms with Crippen LogP contribution in [0.1, 0.15) is 67.1 Å². The molecule has 6 nitrogen and oxygen atoms in total. The number of aryl methyl sites for hydroxylation is 1. The lowest BCUT2D eigenvalue weighted by molar-refractivity contribution is -0.136. The highest BCUT2D eigenvalue weighted by Gasteiger charge is 2.35. The normalized spacial score (nSPS) is 21.3. The van der Waals surface area contributed by atoms with Crippen LogP contribution in [0.4, 0.5) is 5.82 Å². The molecule has 0 N–H and O–H groups in total. The summed E-state index contributed by atoms with van der Waals surface area (Å²) in [4.78, 5) is 39.4. The first-order valence-corrected chi connectivity index (χ1v) is 12.1. The number of hydrogen-bond acceptors (Lipinski definition) is 4. The molecule has 2 fully saturated rings. The molecule has 1 aliphatic carbocycles. The summed E-state index contributed by atoms with van der Waals surface area (Å²) >= 11 is 0. The second-order valence-corrected chi connectivity index (χ2v) is 9.53. The zero-order chi connectivity index (χ0) is 22.1. The van der Waals surface area contributed by atoms with Crippen molar-refractivity contribution in [1.82, 2.24) is 14.9 Å². The Kier molecular flexibility index (Phi) is 5.94. The van der Waals surface area contributed by atoms with Crippen molar-refractivity contribution in [3.05, 3.63) is 53.0 Å². The van der Waals surface area contributed by atoms with Gasteiger partial charge in [0.1, 0.15) is 11.6 Å². The number of rotatable bonds is 5. The molecule has 0 bridgehead atoms. The first kappa shape index (κ1) is 21.1. The van der Waals surface area contributed by atoms with Crippen molar-refractivity contribution in [3.63, 3.8) is 0 Å². The van der Waals surface area contributed by atoms with E-state index in [1.807, 2.05) is 34.9 Å². The number of likely N-dealkylation sites (tertiary alicyclic amines) is 1. The molecule has 6 heteroatoms. The monoisotopic (exact) mass is 432 g/mol. The Morgan fingerprint density at radius 2 is 1.84 bits per heavy atom. The minimum absolute atomic E-state index is 0.104. The Labute approximate surface area is 190 Å². The van der Waals surface area contributed by atoms with Gasteiger partial charge in [0.2, 0.25) is 11.8 Å². The quantitative estimate of drug-likeness (QED) is 0.721. The maximum absolute atomic E-state index is 13.0. The van der Waals surface area contributed by atoms with E-state index in [9.17, 15) is 9.59 Å². The number of aromatic nitrogens is 2. The van der Waals surface area contributed by atoms with Crippen molar-refractivity contribution in [2.45, 2.75) is 64.2 Å². The van der Waals surface area contributed by atoms with E-state index in [1.54, 1.807) is 0 Å². The summed E-state index contributed by atoms with van der Waals surface area (Å²) in [7, 11) is 0. The van der Waals surface area contributed by atoms with E-state index >= 15 is 0 Å². The molecule has 2 aliphatic heterocycles. The van der Waals surface area contributed by atoms with Crippen LogP contribution in [0, 0.1) is 12.8 Å². The molecule has 2 aromatic rings. The molecule has 168 valence electrons. The van der Waals surface area contributed by atoms with Gasteiger partial charge in [-0.2, -0.15) is 0 Å². The van der Waals surface area contributed by atoms with Gasteiger partial charge in [0.25, 0.3) is 0 Å². The number of nitrogens with zero attached hydrogens (tertiary/aromatic N) is 4. The SMILES string of the molecule is Cc1nc([C@H]2CCCN(C(=O)C3CCCC3)C2)nc2c1CC(=O)N2CCc1ccccc1. The van der Waals surface area contributed by atoms with Crippen molar-refractivity contribution in [2.24, 2.45) is 5.92 Å². The average molecular weight is 433 g/mol. The predicted octanol–water partition coefficient (Wildman–Crippen LogP) is 3.81. The topological polar surface area (TPSA) is 66.4 Å². The summed E-state index contributed by atoms with van der Waals surface area (Å²) in [6.45, 7) is 4.16. The van der Waals surface area contributed by atoms with Gasteiger partial charge in [0.05, 0.1) is 6.42 Å². The molecule has 0 unspecified atom stereocenters. The molecule has 1 saturated carbocycles. The second kappa shape index (κ2) is 9.00. The lowest BCUT2D eigenvalue weighted by atomic mass is 9.95. The lowest BCUT2D eigenvalue weighted by Crippen LogP contribution is -2.42. The van der Waals surface area contributed by atoms with E-state index < -0.39 is 0 Å². The van der Waals surface area contributed by atoms with Crippen molar-refractivity contribution in [2.75, 3.05) is 24.5 Å². The first-order valence-electron chi connectivity index (χ1n) is 12.1. The highest BCUT2D eigenvalue weighted by molar-refractivity contribution is 6.00. The third-order valence-electron chi connectivity index (χ3n) is 7.36. The van der Waals surface area contributed by atoms with Crippen molar-refractivity contribution < 1.29 is 9.59 Å². The van der Waals surface area contributed by atoms with E-state index in [0.29, 0.717) is 25.4 Å². The summed E-state index contributed by atoms with van der Waals surface area (Å²) in [5, 5.41) is 0. The van der Waals surface area contributed by atoms with E-state index in [4.69, 9.17) is 9.97 Å².